The van der Waals surface area contributed by atoms with E-state index in [9.17, 15) is 0 Å². The summed E-state index contributed by atoms with van der Waals surface area (Å²) in [6.45, 7) is 9.70. The Kier molecular flexibility index (Phi) is 4.38. The molecule has 3 heteroatoms. The lowest BCUT2D eigenvalue weighted by Crippen LogP contribution is -2.23. The normalized spacial score (nSPS) is 12.6. The Balaban J connectivity index is 1.98. The molecule has 1 aromatic heterocycles. The summed E-state index contributed by atoms with van der Waals surface area (Å²) in [4.78, 5) is 7.37. The monoisotopic (exact) mass is 257 g/mol. The van der Waals surface area contributed by atoms with Crippen molar-refractivity contribution in [1.29, 1.82) is 0 Å². The first-order valence-corrected chi connectivity index (χ1v) is 6.87. The van der Waals surface area contributed by atoms with Crippen LogP contribution in [0, 0.1) is 20.8 Å². The van der Waals surface area contributed by atoms with Crippen LogP contribution in [0.3, 0.4) is 0 Å². The molecule has 0 aliphatic heterocycles. The molecule has 2 rings (SSSR count). The zero-order chi connectivity index (χ0) is 13.8. The highest BCUT2D eigenvalue weighted by molar-refractivity contribution is 5.39. The van der Waals surface area contributed by atoms with E-state index in [0.29, 0.717) is 6.04 Å². The number of rotatable bonds is 5. The second-order valence-corrected chi connectivity index (χ2v) is 5.27. The fraction of sp³-hybridized carbons (Fsp3) is 0.438. The van der Waals surface area contributed by atoms with Crippen LogP contribution in [0.2, 0.25) is 0 Å². The third-order valence-corrected chi connectivity index (χ3v) is 3.54. The molecule has 1 heterocycles. The van der Waals surface area contributed by atoms with E-state index < -0.39 is 0 Å². The van der Waals surface area contributed by atoms with E-state index in [-0.39, 0.29) is 0 Å². The van der Waals surface area contributed by atoms with Gasteiger partial charge in [-0.25, -0.2) is 4.98 Å². The summed E-state index contributed by atoms with van der Waals surface area (Å²) < 4.78 is 0. The Hall–Kier alpha value is -1.61. The summed E-state index contributed by atoms with van der Waals surface area (Å²) in [7, 11) is 0. The van der Waals surface area contributed by atoms with Gasteiger partial charge in [-0.3, -0.25) is 0 Å². The summed E-state index contributed by atoms with van der Waals surface area (Å²) in [5.74, 6) is 1.04. The molecule has 0 bridgehead atoms. The molecule has 0 radical (unpaired) electrons. The van der Waals surface area contributed by atoms with Crippen LogP contribution >= 0.6 is 0 Å². The first-order chi connectivity index (χ1) is 9.08. The van der Waals surface area contributed by atoms with Crippen molar-refractivity contribution in [3.8, 4) is 0 Å². The van der Waals surface area contributed by atoms with Gasteiger partial charge in [-0.15, -0.1) is 0 Å². The van der Waals surface area contributed by atoms with Gasteiger partial charge in [0.1, 0.15) is 5.82 Å². The quantitative estimate of drug-likeness (QED) is 0.863. The Bertz CT molecular complexity index is 506. The SMILES string of the molecule is Cc1cc(C)c(C(C)NCCc2ncc[nH]2)c(C)c1. The van der Waals surface area contributed by atoms with Gasteiger partial charge < -0.3 is 10.3 Å². The third-order valence-electron chi connectivity index (χ3n) is 3.54. The van der Waals surface area contributed by atoms with E-state index >= 15 is 0 Å². The van der Waals surface area contributed by atoms with Crippen molar-refractivity contribution in [3.05, 3.63) is 52.6 Å². The number of imidazole rings is 1. The molecule has 0 spiro atoms. The van der Waals surface area contributed by atoms with Gasteiger partial charge in [0.2, 0.25) is 0 Å². The van der Waals surface area contributed by atoms with Crippen LogP contribution in [0.1, 0.15) is 41.0 Å². The summed E-state index contributed by atoms with van der Waals surface area (Å²) >= 11 is 0. The fourth-order valence-corrected chi connectivity index (χ4v) is 2.82. The van der Waals surface area contributed by atoms with Crippen LogP contribution in [0.25, 0.3) is 0 Å². The molecule has 19 heavy (non-hydrogen) atoms. The maximum absolute atomic E-state index is 4.24. The first kappa shape index (κ1) is 13.8. The van der Waals surface area contributed by atoms with Crippen molar-refractivity contribution in [2.24, 2.45) is 0 Å². The number of aromatic nitrogens is 2. The highest BCUT2D eigenvalue weighted by Crippen LogP contribution is 2.23. The highest BCUT2D eigenvalue weighted by Gasteiger charge is 2.11. The molecule has 0 aliphatic carbocycles. The van der Waals surface area contributed by atoms with Crippen LogP contribution in [-0.2, 0) is 6.42 Å². The van der Waals surface area contributed by atoms with Gasteiger partial charge >= 0.3 is 0 Å². The van der Waals surface area contributed by atoms with E-state index in [1.165, 1.54) is 22.3 Å². The molecule has 0 saturated carbocycles. The van der Waals surface area contributed by atoms with Gasteiger partial charge in [-0.05, 0) is 44.4 Å². The summed E-state index contributed by atoms with van der Waals surface area (Å²) in [6, 6.07) is 4.88. The number of aromatic amines is 1. The van der Waals surface area contributed by atoms with Crippen molar-refractivity contribution >= 4 is 0 Å². The predicted octanol–water partition coefficient (Wildman–Crippen LogP) is 3.23. The molecule has 0 saturated heterocycles. The Morgan fingerprint density at radius 3 is 2.47 bits per heavy atom. The lowest BCUT2D eigenvalue weighted by Gasteiger charge is -2.19. The zero-order valence-corrected chi connectivity index (χ0v) is 12.2. The Labute approximate surface area is 115 Å². The van der Waals surface area contributed by atoms with Crippen LogP contribution in [-0.4, -0.2) is 16.5 Å². The first-order valence-electron chi connectivity index (χ1n) is 6.87. The van der Waals surface area contributed by atoms with Crippen molar-refractivity contribution in [2.45, 2.75) is 40.2 Å². The molecule has 2 N–H and O–H groups in total. The average molecular weight is 257 g/mol. The van der Waals surface area contributed by atoms with Crippen LogP contribution < -0.4 is 5.32 Å². The highest BCUT2D eigenvalue weighted by atomic mass is 14.9. The van der Waals surface area contributed by atoms with E-state index in [1.54, 1.807) is 6.20 Å². The van der Waals surface area contributed by atoms with Gasteiger partial charge in [-0.2, -0.15) is 0 Å². The molecular weight excluding hydrogens is 234 g/mol. The van der Waals surface area contributed by atoms with E-state index in [4.69, 9.17) is 0 Å². The molecule has 1 atom stereocenters. The lowest BCUT2D eigenvalue weighted by atomic mass is 9.95. The smallest absolute Gasteiger partial charge is 0.107 e. The molecule has 1 aromatic carbocycles. The maximum Gasteiger partial charge on any atom is 0.107 e. The number of hydrogen-bond acceptors (Lipinski definition) is 2. The molecule has 3 nitrogen and oxygen atoms in total. The summed E-state index contributed by atoms with van der Waals surface area (Å²) in [5.41, 5.74) is 5.50. The average Bonchev–Trinajstić information content (AvgIpc) is 2.80. The van der Waals surface area contributed by atoms with Crippen molar-refractivity contribution < 1.29 is 0 Å². The van der Waals surface area contributed by atoms with Crippen LogP contribution in [0.4, 0.5) is 0 Å². The number of H-pyrrole nitrogens is 1. The van der Waals surface area contributed by atoms with Gasteiger partial charge in [0.25, 0.3) is 0 Å². The fourth-order valence-electron chi connectivity index (χ4n) is 2.82. The Morgan fingerprint density at radius 2 is 1.89 bits per heavy atom. The van der Waals surface area contributed by atoms with Crippen molar-refractivity contribution in [1.82, 2.24) is 15.3 Å². The van der Waals surface area contributed by atoms with Crippen molar-refractivity contribution in [2.75, 3.05) is 6.54 Å². The van der Waals surface area contributed by atoms with Gasteiger partial charge in [0.15, 0.2) is 0 Å². The largest absolute Gasteiger partial charge is 0.349 e. The molecule has 0 fully saturated rings. The molecule has 2 aromatic rings. The minimum absolute atomic E-state index is 0.371. The van der Waals surface area contributed by atoms with Crippen molar-refractivity contribution in [3.63, 3.8) is 0 Å². The zero-order valence-electron chi connectivity index (χ0n) is 12.2. The number of benzene rings is 1. The second kappa shape index (κ2) is 6.02. The van der Waals surface area contributed by atoms with Crippen LogP contribution in [0.15, 0.2) is 24.5 Å². The third kappa shape index (κ3) is 3.44. The van der Waals surface area contributed by atoms with Gasteiger partial charge in [0.05, 0.1) is 0 Å². The number of aryl methyl sites for hydroxylation is 3. The lowest BCUT2D eigenvalue weighted by molar-refractivity contribution is 0.566. The molecule has 0 amide bonds. The standard InChI is InChI=1S/C16H23N3/c1-11-9-12(2)16(13(3)10-11)14(4)17-6-5-15-18-7-8-19-15/h7-10,14,17H,5-6H2,1-4H3,(H,18,19). The number of nitrogens with zero attached hydrogens (tertiary/aromatic N) is 1. The van der Waals surface area contributed by atoms with E-state index in [0.717, 1.165) is 18.8 Å². The predicted molar refractivity (Wildman–Crippen MR) is 79.4 cm³/mol. The van der Waals surface area contributed by atoms with Gasteiger partial charge in [-0.1, -0.05) is 17.7 Å². The maximum atomic E-state index is 4.24. The summed E-state index contributed by atoms with van der Waals surface area (Å²) in [5, 5.41) is 3.58. The number of hydrogen-bond donors (Lipinski definition) is 2. The molecule has 0 aliphatic rings. The molecule has 1 unspecified atom stereocenters. The summed E-state index contributed by atoms with van der Waals surface area (Å²) in [6.07, 6.45) is 4.60. The minimum atomic E-state index is 0.371. The molecular formula is C16H23N3. The minimum Gasteiger partial charge on any atom is -0.349 e. The van der Waals surface area contributed by atoms with Gasteiger partial charge in [0, 0.05) is 31.4 Å². The Morgan fingerprint density at radius 1 is 1.21 bits per heavy atom. The van der Waals surface area contributed by atoms with E-state index in [1.807, 2.05) is 6.20 Å². The second-order valence-electron chi connectivity index (χ2n) is 5.27. The molecule has 102 valence electrons. The topological polar surface area (TPSA) is 40.7 Å². The number of nitrogens with one attached hydrogen (secondary N) is 2. The van der Waals surface area contributed by atoms with E-state index in [2.05, 4.69) is 55.1 Å². The van der Waals surface area contributed by atoms with Crippen LogP contribution in [0.5, 0.6) is 0 Å².